The van der Waals surface area contributed by atoms with Crippen LogP contribution in [0, 0.1) is 6.92 Å². The summed E-state index contributed by atoms with van der Waals surface area (Å²) in [7, 11) is 0. The quantitative estimate of drug-likeness (QED) is 0.325. The summed E-state index contributed by atoms with van der Waals surface area (Å²) in [6, 6.07) is 16.3. The maximum atomic E-state index is 12.5. The van der Waals surface area contributed by atoms with Gasteiger partial charge < -0.3 is 25.4 Å². The number of hydrogen-bond acceptors (Lipinski definition) is 9. The lowest BCUT2D eigenvalue weighted by molar-refractivity contribution is 0.0907. The number of aryl methyl sites for hydroxylation is 1. The number of anilines is 3. The van der Waals surface area contributed by atoms with Crippen LogP contribution in [0.25, 0.3) is 11.3 Å². The summed E-state index contributed by atoms with van der Waals surface area (Å²) < 4.78 is 5.14. The van der Waals surface area contributed by atoms with Crippen molar-refractivity contribution in [3.05, 3.63) is 77.6 Å². The van der Waals surface area contributed by atoms with Gasteiger partial charge in [0, 0.05) is 61.3 Å². The van der Waals surface area contributed by atoms with Crippen molar-refractivity contribution >= 4 is 23.2 Å². The molecule has 3 heterocycles. The summed E-state index contributed by atoms with van der Waals surface area (Å²) in [5.74, 6) is 0.604. The Balaban J connectivity index is 1.22. The Kier molecular flexibility index (Phi) is 7.56. The molecule has 0 bridgehead atoms. The van der Waals surface area contributed by atoms with Gasteiger partial charge in [-0.25, -0.2) is 9.97 Å². The van der Waals surface area contributed by atoms with Gasteiger partial charge in [-0.15, -0.1) is 0 Å². The Labute approximate surface area is 228 Å². The molecule has 5 rings (SSSR count). The average Bonchev–Trinajstić information content (AvgIpc) is 3.45. The molecule has 0 saturated carbocycles. The monoisotopic (exact) mass is 526 g/mol. The van der Waals surface area contributed by atoms with E-state index in [2.05, 4.69) is 66.3 Å². The first-order valence-electron chi connectivity index (χ1n) is 13.1. The first-order valence-corrected chi connectivity index (χ1v) is 13.1. The molecule has 1 saturated heterocycles. The van der Waals surface area contributed by atoms with E-state index in [-0.39, 0.29) is 11.3 Å². The number of aromatic nitrogens is 4. The maximum Gasteiger partial charge on any atom is 0.315 e. The zero-order valence-electron chi connectivity index (χ0n) is 22.8. The highest BCUT2D eigenvalue weighted by Gasteiger charge is 2.23. The summed E-state index contributed by atoms with van der Waals surface area (Å²) in [4.78, 5) is 28.2. The number of benzene rings is 2. The molecule has 0 unspecified atom stereocenters. The number of piperazine rings is 1. The first kappa shape index (κ1) is 26.3. The first-order chi connectivity index (χ1) is 18.8. The molecule has 2 aromatic carbocycles. The lowest BCUT2D eigenvalue weighted by Gasteiger charge is -2.29. The average molecular weight is 527 g/mol. The number of nitrogens with one attached hydrogen (secondary N) is 3. The van der Waals surface area contributed by atoms with Crippen LogP contribution in [0.2, 0.25) is 0 Å². The van der Waals surface area contributed by atoms with Crippen LogP contribution >= 0.6 is 0 Å². The van der Waals surface area contributed by atoms with Crippen molar-refractivity contribution in [1.82, 2.24) is 30.7 Å². The lowest BCUT2D eigenvalue weighted by atomic mass is 9.96. The zero-order chi connectivity index (χ0) is 27.4. The number of carbonyl (C=O) groups excluding carboxylic acids is 1. The number of nitrogens with zero attached hydrogens (tertiary/aromatic N) is 5. The fourth-order valence-corrected chi connectivity index (χ4v) is 4.31. The predicted octanol–water partition coefficient (Wildman–Crippen LogP) is 4.22. The summed E-state index contributed by atoms with van der Waals surface area (Å²) >= 11 is 0. The molecule has 10 nitrogen and oxygen atoms in total. The number of amides is 1. The fraction of sp³-hybridized carbons (Fsp3) is 0.345. The van der Waals surface area contributed by atoms with E-state index in [1.807, 2.05) is 45.9 Å². The maximum absolute atomic E-state index is 12.5. The number of rotatable bonds is 7. The lowest BCUT2D eigenvalue weighted by Crippen LogP contribution is -2.43. The minimum Gasteiger partial charge on any atom is -0.369 e. The van der Waals surface area contributed by atoms with E-state index in [9.17, 15) is 4.79 Å². The molecule has 1 amide bonds. The predicted molar refractivity (Wildman–Crippen MR) is 151 cm³/mol. The van der Waals surface area contributed by atoms with E-state index in [4.69, 9.17) is 9.51 Å². The smallest absolute Gasteiger partial charge is 0.315 e. The largest absolute Gasteiger partial charge is 0.369 e. The van der Waals surface area contributed by atoms with Gasteiger partial charge in [-0.05, 0) is 54.4 Å². The van der Waals surface area contributed by atoms with Gasteiger partial charge >= 0.3 is 11.8 Å². The highest BCUT2D eigenvalue weighted by Crippen LogP contribution is 2.24. The van der Waals surface area contributed by atoms with E-state index in [1.54, 1.807) is 6.20 Å². The molecule has 1 aliphatic heterocycles. The standard InChI is InChI=1S/C29H34N8O2/c1-19-17-20(5-6-21(19)18-32-25(38)26-35-27(36-39-26)29(2,3)4)24-11-12-31-28(34-24)33-22-7-9-23(10-8-22)37-15-13-30-14-16-37/h5-12,17,30H,13-16,18H2,1-4H3,(H,32,38)(H,31,33,34). The van der Waals surface area contributed by atoms with E-state index in [0.717, 1.165) is 54.3 Å². The minimum atomic E-state index is -0.394. The third kappa shape index (κ3) is 6.40. The van der Waals surface area contributed by atoms with E-state index >= 15 is 0 Å². The molecule has 1 aliphatic rings. The van der Waals surface area contributed by atoms with Gasteiger partial charge in [0.1, 0.15) is 0 Å². The Morgan fingerprint density at radius 1 is 1.05 bits per heavy atom. The van der Waals surface area contributed by atoms with Crippen molar-refractivity contribution in [3.8, 4) is 11.3 Å². The molecule has 0 radical (unpaired) electrons. The molecule has 4 aromatic rings. The highest BCUT2D eigenvalue weighted by atomic mass is 16.5. The molecule has 0 aliphatic carbocycles. The van der Waals surface area contributed by atoms with Crippen LogP contribution < -0.4 is 20.9 Å². The van der Waals surface area contributed by atoms with Crippen molar-refractivity contribution in [1.29, 1.82) is 0 Å². The van der Waals surface area contributed by atoms with Gasteiger partial charge in [-0.1, -0.05) is 38.1 Å². The van der Waals surface area contributed by atoms with Crippen LogP contribution in [-0.4, -0.2) is 52.2 Å². The molecule has 0 atom stereocenters. The van der Waals surface area contributed by atoms with E-state index in [0.29, 0.717) is 18.3 Å². The minimum absolute atomic E-state index is 0.0337. The molecule has 0 spiro atoms. The van der Waals surface area contributed by atoms with Crippen LogP contribution in [-0.2, 0) is 12.0 Å². The normalized spacial score (nSPS) is 13.8. The molecular weight excluding hydrogens is 492 g/mol. The number of hydrogen-bond donors (Lipinski definition) is 3. The molecule has 10 heteroatoms. The van der Waals surface area contributed by atoms with Crippen LogP contribution in [0.15, 0.2) is 59.3 Å². The van der Waals surface area contributed by atoms with E-state index in [1.165, 1.54) is 5.69 Å². The third-order valence-corrected chi connectivity index (χ3v) is 6.63. The van der Waals surface area contributed by atoms with Crippen LogP contribution in [0.3, 0.4) is 0 Å². The van der Waals surface area contributed by atoms with Crippen molar-refractivity contribution in [3.63, 3.8) is 0 Å². The van der Waals surface area contributed by atoms with Crippen molar-refractivity contribution in [2.75, 3.05) is 36.4 Å². The summed E-state index contributed by atoms with van der Waals surface area (Å²) in [6.45, 7) is 12.3. The molecular formula is C29H34N8O2. The Morgan fingerprint density at radius 2 is 1.82 bits per heavy atom. The summed E-state index contributed by atoms with van der Waals surface area (Å²) in [6.07, 6.45) is 1.75. The van der Waals surface area contributed by atoms with Gasteiger partial charge in [-0.3, -0.25) is 4.79 Å². The second-order valence-electron chi connectivity index (χ2n) is 10.7. The Morgan fingerprint density at radius 3 is 2.51 bits per heavy atom. The molecule has 2 aromatic heterocycles. The van der Waals surface area contributed by atoms with Crippen molar-refractivity contribution in [2.24, 2.45) is 0 Å². The number of carbonyl (C=O) groups is 1. The van der Waals surface area contributed by atoms with Crippen LogP contribution in [0.4, 0.5) is 17.3 Å². The zero-order valence-corrected chi connectivity index (χ0v) is 22.8. The molecule has 1 fully saturated rings. The third-order valence-electron chi connectivity index (χ3n) is 6.63. The van der Waals surface area contributed by atoms with Gasteiger partial charge in [0.2, 0.25) is 5.95 Å². The summed E-state index contributed by atoms with van der Waals surface area (Å²) in [5.41, 5.74) is 5.66. The van der Waals surface area contributed by atoms with Crippen LogP contribution in [0.5, 0.6) is 0 Å². The fourth-order valence-electron chi connectivity index (χ4n) is 4.31. The molecule has 39 heavy (non-hydrogen) atoms. The summed E-state index contributed by atoms with van der Waals surface area (Å²) in [5, 5.41) is 13.5. The highest BCUT2D eigenvalue weighted by molar-refractivity contribution is 5.89. The second-order valence-corrected chi connectivity index (χ2v) is 10.7. The van der Waals surface area contributed by atoms with Gasteiger partial charge in [0.05, 0.1) is 5.69 Å². The Bertz CT molecular complexity index is 1440. The second kappa shape index (κ2) is 11.2. The van der Waals surface area contributed by atoms with Crippen molar-refractivity contribution < 1.29 is 9.32 Å². The molecule has 3 N–H and O–H groups in total. The Hall–Kier alpha value is -4.31. The van der Waals surface area contributed by atoms with E-state index < -0.39 is 5.91 Å². The van der Waals surface area contributed by atoms with Crippen LogP contribution in [0.1, 0.15) is 48.4 Å². The topological polar surface area (TPSA) is 121 Å². The van der Waals surface area contributed by atoms with Gasteiger partial charge in [0.15, 0.2) is 5.82 Å². The van der Waals surface area contributed by atoms with Gasteiger partial charge in [-0.2, -0.15) is 4.98 Å². The van der Waals surface area contributed by atoms with Gasteiger partial charge in [0.25, 0.3) is 0 Å². The van der Waals surface area contributed by atoms with Crippen molar-refractivity contribution in [2.45, 2.75) is 39.7 Å². The SMILES string of the molecule is Cc1cc(-c2ccnc(Nc3ccc(N4CCNCC4)cc3)n2)ccc1CNC(=O)c1nc(C(C)(C)C)no1. The molecule has 202 valence electrons.